The highest BCUT2D eigenvalue weighted by Crippen LogP contribution is 2.25. The van der Waals surface area contributed by atoms with Crippen LogP contribution in [0, 0.1) is 0 Å². The molecule has 0 spiro atoms. The van der Waals surface area contributed by atoms with Crippen LogP contribution in [0.5, 0.6) is 11.5 Å². The van der Waals surface area contributed by atoms with Crippen LogP contribution >= 0.6 is 0 Å². The number of carbonyl (C=O) groups is 1. The first-order valence-electron chi connectivity index (χ1n) is 9.63. The van der Waals surface area contributed by atoms with Gasteiger partial charge in [0.1, 0.15) is 6.61 Å². The fraction of sp³-hybridized carbons (Fsp3) is 0.174. The lowest BCUT2D eigenvalue weighted by Gasteiger charge is -2.17. The van der Waals surface area contributed by atoms with Crippen molar-refractivity contribution in [3.05, 3.63) is 84.4 Å². The van der Waals surface area contributed by atoms with Crippen LogP contribution in [0.1, 0.15) is 17.3 Å². The van der Waals surface area contributed by atoms with E-state index in [0.29, 0.717) is 22.7 Å². The molecule has 1 amide bonds. The summed E-state index contributed by atoms with van der Waals surface area (Å²) in [6, 6.07) is 21.3. The molecule has 0 heterocycles. The largest absolute Gasteiger partial charge is 0.493 e. The van der Waals surface area contributed by atoms with Crippen LogP contribution in [0.25, 0.3) is 0 Å². The molecule has 0 aliphatic rings. The monoisotopic (exact) mass is 440 g/mol. The van der Waals surface area contributed by atoms with Crippen molar-refractivity contribution in [1.82, 2.24) is 5.32 Å². The summed E-state index contributed by atoms with van der Waals surface area (Å²) in [4.78, 5) is 12.8. The van der Waals surface area contributed by atoms with E-state index >= 15 is 0 Å². The molecule has 0 aromatic heterocycles. The van der Waals surface area contributed by atoms with Crippen molar-refractivity contribution in [3.8, 4) is 11.5 Å². The standard InChI is InChI=1S/C23H24N2O5S/c1-17(16-30-22-14-7-6-13-21(22)29-2)24-23(26)18-9-8-10-19(15-18)25-31(27,28)20-11-4-3-5-12-20/h3-15,17,25H,16H2,1-2H3,(H,24,26)/t17-/m1/s1. The van der Waals surface area contributed by atoms with Crippen LogP contribution in [-0.4, -0.2) is 34.1 Å². The van der Waals surface area contributed by atoms with Crippen LogP contribution in [0.2, 0.25) is 0 Å². The van der Waals surface area contributed by atoms with E-state index in [1.165, 1.54) is 18.2 Å². The number of hydrogen-bond acceptors (Lipinski definition) is 5. The Kier molecular flexibility index (Phi) is 7.15. The van der Waals surface area contributed by atoms with Crippen LogP contribution in [0.15, 0.2) is 83.8 Å². The van der Waals surface area contributed by atoms with Crippen LogP contribution in [0.4, 0.5) is 5.69 Å². The quantitative estimate of drug-likeness (QED) is 0.529. The number of sulfonamides is 1. The zero-order chi connectivity index (χ0) is 22.3. The smallest absolute Gasteiger partial charge is 0.261 e. The topological polar surface area (TPSA) is 93.7 Å². The van der Waals surface area contributed by atoms with Crippen LogP contribution in [0.3, 0.4) is 0 Å². The number of nitrogens with one attached hydrogen (secondary N) is 2. The molecule has 0 saturated heterocycles. The van der Waals surface area contributed by atoms with Crippen LogP contribution in [-0.2, 0) is 10.0 Å². The molecule has 3 aromatic carbocycles. The normalized spacial score (nSPS) is 11.9. The van der Waals surface area contributed by atoms with Gasteiger partial charge in [-0.25, -0.2) is 8.42 Å². The second-order valence-corrected chi connectivity index (χ2v) is 8.52. The number of amides is 1. The van der Waals surface area contributed by atoms with E-state index in [1.807, 2.05) is 19.1 Å². The first kappa shape index (κ1) is 22.2. The predicted molar refractivity (Wildman–Crippen MR) is 119 cm³/mol. The average molecular weight is 441 g/mol. The van der Waals surface area contributed by atoms with Gasteiger partial charge >= 0.3 is 0 Å². The maximum Gasteiger partial charge on any atom is 0.261 e. The summed E-state index contributed by atoms with van der Waals surface area (Å²) in [6.07, 6.45) is 0. The zero-order valence-electron chi connectivity index (χ0n) is 17.2. The SMILES string of the molecule is COc1ccccc1OC[C@@H](C)NC(=O)c1cccc(NS(=O)(=O)c2ccccc2)c1. The van der Waals surface area contributed by atoms with Gasteiger partial charge in [-0.05, 0) is 49.4 Å². The first-order chi connectivity index (χ1) is 14.9. The van der Waals surface area contributed by atoms with Gasteiger partial charge < -0.3 is 14.8 Å². The third kappa shape index (κ3) is 5.99. The minimum atomic E-state index is -3.74. The Morgan fingerprint density at radius 1 is 0.935 bits per heavy atom. The van der Waals surface area contributed by atoms with E-state index in [4.69, 9.17) is 9.47 Å². The van der Waals surface area contributed by atoms with Crippen molar-refractivity contribution >= 4 is 21.6 Å². The molecule has 0 saturated carbocycles. The maximum atomic E-state index is 12.6. The summed E-state index contributed by atoms with van der Waals surface area (Å²) < 4.78 is 38.5. The molecule has 3 aromatic rings. The fourth-order valence-corrected chi connectivity index (χ4v) is 3.91. The number of anilines is 1. The van der Waals surface area contributed by atoms with Gasteiger partial charge in [0.05, 0.1) is 18.0 Å². The molecule has 2 N–H and O–H groups in total. The Bertz CT molecular complexity index is 1130. The predicted octanol–water partition coefficient (Wildman–Crippen LogP) is 3.69. The molecule has 0 aliphatic carbocycles. The number of methoxy groups -OCH3 is 1. The summed E-state index contributed by atoms with van der Waals surface area (Å²) in [6.45, 7) is 2.06. The zero-order valence-corrected chi connectivity index (χ0v) is 18.1. The first-order valence-corrected chi connectivity index (χ1v) is 11.1. The molecule has 1 atom stereocenters. The second kappa shape index (κ2) is 9.99. The molecule has 0 unspecified atom stereocenters. The van der Waals surface area contributed by atoms with Crippen molar-refractivity contribution in [3.63, 3.8) is 0 Å². The number of rotatable bonds is 9. The van der Waals surface area contributed by atoms with Gasteiger partial charge in [-0.15, -0.1) is 0 Å². The van der Waals surface area contributed by atoms with E-state index in [0.717, 1.165) is 0 Å². The number of para-hydroxylation sites is 2. The van der Waals surface area contributed by atoms with Gasteiger partial charge in [-0.3, -0.25) is 9.52 Å². The number of carbonyl (C=O) groups excluding carboxylic acids is 1. The Morgan fingerprint density at radius 2 is 1.61 bits per heavy atom. The van der Waals surface area contributed by atoms with Crippen molar-refractivity contribution in [2.75, 3.05) is 18.4 Å². The number of benzene rings is 3. The molecule has 31 heavy (non-hydrogen) atoms. The molecule has 162 valence electrons. The Balaban J connectivity index is 1.62. The second-order valence-electron chi connectivity index (χ2n) is 6.84. The van der Waals surface area contributed by atoms with Gasteiger partial charge in [-0.2, -0.15) is 0 Å². The third-order valence-electron chi connectivity index (χ3n) is 4.37. The van der Waals surface area contributed by atoms with Crippen molar-refractivity contribution in [2.45, 2.75) is 17.9 Å². The molecule has 7 nitrogen and oxygen atoms in total. The summed E-state index contributed by atoms with van der Waals surface area (Å²) in [5, 5.41) is 2.84. The van der Waals surface area contributed by atoms with Gasteiger partial charge in [0.25, 0.3) is 15.9 Å². The van der Waals surface area contributed by atoms with E-state index in [-0.39, 0.29) is 23.5 Å². The molecule has 0 aliphatic heterocycles. The third-order valence-corrected chi connectivity index (χ3v) is 5.76. The number of hydrogen-bond donors (Lipinski definition) is 2. The maximum absolute atomic E-state index is 12.6. The highest BCUT2D eigenvalue weighted by molar-refractivity contribution is 7.92. The molecular formula is C23H24N2O5S. The summed E-state index contributed by atoms with van der Waals surface area (Å²) in [5.74, 6) is 0.861. The Morgan fingerprint density at radius 3 is 2.32 bits per heavy atom. The lowest BCUT2D eigenvalue weighted by molar-refractivity contribution is 0.0926. The van der Waals surface area contributed by atoms with Crippen molar-refractivity contribution in [2.24, 2.45) is 0 Å². The van der Waals surface area contributed by atoms with Gasteiger partial charge in [-0.1, -0.05) is 36.4 Å². The van der Waals surface area contributed by atoms with E-state index < -0.39 is 10.0 Å². The Labute approximate surface area is 182 Å². The van der Waals surface area contributed by atoms with Crippen molar-refractivity contribution < 1.29 is 22.7 Å². The molecule has 3 rings (SSSR count). The lowest BCUT2D eigenvalue weighted by Crippen LogP contribution is -2.36. The van der Waals surface area contributed by atoms with E-state index in [2.05, 4.69) is 10.0 Å². The average Bonchev–Trinajstić information content (AvgIpc) is 2.78. The summed E-state index contributed by atoms with van der Waals surface area (Å²) in [7, 11) is -2.18. The van der Waals surface area contributed by atoms with Gasteiger partial charge in [0.2, 0.25) is 0 Å². The fourth-order valence-electron chi connectivity index (χ4n) is 2.84. The number of ether oxygens (including phenoxy) is 2. The molecule has 8 heteroatoms. The molecule has 0 radical (unpaired) electrons. The molecule has 0 bridgehead atoms. The van der Waals surface area contributed by atoms with Gasteiger partial charge in [0, 0.05) is 11.3 Å². The highest BCUT2D eigenvalue weighted by Gasteiger charge is 2.16. The van der Waals surface area contributed by atoms with Crippen LogP contribution < -0.4 is 19.5 Å². The molecular weight excluding hydrogens is 416 g/mol. The van der Waals surface area contributed by atoms with E-state index in [9.17, 15) is 13.2 Å². The van der Waals surface area contributed by atoms with E-state index in [1.54, 1.807) is 55.6 Å². The van der Waals surface area contributed by atoms with Crippen molar-refractivity contribution in [1.29, 1.82) is 0 Å². The minimum absolute atomic E-state index is 0.145. The minimum Gasteiger partial charge on any atom is -0.493 e. The molecule has 0 fully saturated rings. The Hall–Kier alpha value is -3.52. The highest BCUT2D eigenvalue weighted by atomic mass is 32.2. The summed E-state index contributed by atoms with van der Waals surface area (Å²) >= 11 is 0. The summed E-state index contributed by atoms with van der Waals surface area (Å²) in [5.41, 5.74) is 0.631. The van der Waals surface area contributed by atoms with Gasteiger partial charge in [0.15, 0.2) is 11.5 Å². The lowest BCUT2D eigenvalue weighted by atomic mass is 10.2.